The fourth-order valence-corrected chi connectivity index (χ4v) is 2.99. The van der Waals surface area contributed by atoms with Gasteiger partial charge in [-0.3, -0.25) is 4.98 Å². The number of nitrogens with one attached hydrogen (secondary N) is 1. The Hall–Kier alpha value is -1.87. The Kier molecular flexibility index (Phi) is 4.20. The van der Waals surface area contributed by atoms with Crippen LogP contribution in [0.3, 0.4) is 0 Å². The molecule has 0 saturated heterocycles. The predicted octanol–water partition coefficient (Wildman–Crippen LogP) is 3.31. The van der Waals surface area contributed by atoms with E-state index in [0.717, 1.165) is 6.54 Å². The van der Waals surface area contributed by atoms with E-state index in [1.165, 1.54) is 41.8 Å². The molecule has 1 aliphatic heterocycles. The molecule has 0 amide bonds. The molecule has 1 aromatic heterocycles. The van der Waals surface area contributed by atoms with E-state index in [4.69, 9.17) is 0 Å². The fourth-order valence-electron chi connectivity index (χ4n) is 2.99. The maximum atomic E-state index is 4.07. The van der Waals surface area contributed by atoms with Crippen LogP contribution < -0.4 is 10.2 Å². The van der Waals surface area contributed by atoms with Crippen molar-refractivity contribution in [1.29, 1.82) is 0 Å². The molecular weight excluding hydrogens is 258 g/mol. The fraction of sp³-hybridized carbons (Fsp3) is 0.389. The number of fused-ring (bicyclic) bond motifs is 1. The Labute approximate surface area is 127 Å². The molecule has 0 bridgehead atoms. The summed E-state index contributed by atoms with van der Waals surface area (Å²) >= 11 is 0. The number of aromatic nitrogens is 1. The smallest absolute Gasteiger partial charge is 0.0396 e. The monoisotopic (exact) mass is 281 g/mol. The second-order valence-corrected chi connectivity index (χ2v) is 5.87. The zero-order chi connectivity index (χ0) is 14.7. The summed E-state index contributed by atoms with van der Waals surface area (Å²) < 4.78 is 0. The van der Waals surface area contributed by atoms with Gasteiger partial charge in [-0.05, 0) is 54.7 Å². The third-order valence-electron chi connectivity index (χ3n) is 4.31. The topological polar surface area (TPSA) is 28.2 Å². The Morgan fingerprint density at radius 3 is 2.86 bits per heavy atom. The number of pyridine rings is 1. The van der Waals surface area contributed by atoms with E-state index in [-0.39, 0.29) is 0 Å². The second-order valence-electron chi connectivity index (χ2n) is 5.87. The van der Waals surface area contributed by atoms with Crippen LogP contribution in [0, 0.1) is 0 Å². The normalized spacial score (nSPS) is 15.6. The maximum Gasteiger partial charge on any atom is 0.0396 e. The molecule has 3 nitrogen and oxygen atoms in total. The third-order valence-corrected chi connectivity index (χ3v) is 4.31. The standard InChI is InChI=1S/C18H23N3/c1-14(16-7-9-19-10-8-16)20-13-15-5-6-18-17(12-15)4-3-11-21(18)2/h5-10,12,14,20H,3-4,11,13H2,1-2H3/t14-/m0/s1. The van der Waals surface area contributed by atoms with Gasteiger partial charge in [0, 0.05) is 44.3 Å². The molecule has 21 heavy (non-hydrogen) atoms. The second kappa shape index (κ2) is 6.27. The minimum absolute atomic E-state index is 0.340. The number of benzene rings is 1. The Morgan fingerprint density at radius 1 is 1.24 bits per heavy atom. The predicted molar refractivity (Wildman–Crippen MR) is 87.5 cm³/mol. The van der Waals surface area contributed by atoms with E-state index in [9.17, 15) is 0 Å². The van der Waals surface area contributed by atoms with Crippen LogP contribution in [0.5, 0.6) is 0 Å². The molecule has 1 N–H and O–H groups in total. The molecule has 1 aliphatic rings. The van der Waals surface area contributed by atoms with Gasteiger partial charge in [-0.1, -0.05) is 12.1 Å². The molecule has 110 valence electrons. The lowest BCUT2D eigenvalue weighted by Crippen LogP contribution is -2.25. The van der Waals surface area contributed by atoms with Crippen LogP contribution >= 0.6 is 0 Å². The van der Waals surface area contributed by atoms with Gasteiger partial charge in [0.1, 0.15) is 0 Å². The quantitative estimate of drug-likeness (QED) is 0.932. The highest BCUT2D eigenvalue weighted by Crippen LogP contribution is 2.27. The summed E-state index contributed by atoms with van der Waals surface area (Å²) in [6.45, 7) is 4.27. The van der Waals surface area contributed by atoms with Gasteiger partial charge in [-0.2, -0.15) is 0 Å². The van der Waals surface area contributed by atoms with E-state index >= 15 is 0 Å². The number of nitrogens with zero attached hydrogens (tertiary/aromatic N) is 2. The molecule has 3 heteroatoms. The summed E-state index contributed by atoms with van der Waals surface area (Å²) in [6, 6.07) is 11.3. The van der Waals surface area contributed by atoms with Crippen molar-refractivity contribution in [1.82, 2.24) is 10.3 Å². The number of rotatable bonds is 4. The van der Waals surface area contributed by atoms with Gasteiger partial charge in [-0.15, -0.1) is 0 Å². The number of hydrogen-bond donors (Lipinski definition) is 1. The van der Waals surface area contributed by atoms with Crippen molar-refractivity contribution in [2.75, 3.05) is 18.5 Å². The summed E-state index contributed by atoms with van der Waals surface area (Å²) in [6.07, 6.45) is 6.16. The summed E-state index contributed by atoms with van der Waals surface area (Å²) in [5, 5.41) is 3.59. The SMILES string of the molecule is C[C@H](NCc1ccc2c(c1)CCCN2C)c1ccncc1. The Balaban J connectivity index is 1.66. The van der Waals surface area contributed by atoms with Crippen LogP contribution in [-0.4, -0.2) is 18.6 Å². The van der Waals surface area contributed by atoms with Gasteiger partial charge in [0.2, 0.25) is 0 Å². The molecule has 0 unspecified atom stereocenters. The van der Waals surface area contributed by atoms with Gasteiger partial charge >= 0.3 is 0 Å². The van der Waals surface area contributed by atoms with Gasteiger partial charge < -0.3 is 10.2 Å². The highest BCUT2D eigenvalue weighted by atomic mass is 15.1. The lowest BCUT2D eigenvalue weighted by Gasteiger charge is -2.28. The van der Waals surface area contributed by atoms with Crippen LogP contribution in [0.25, 0.3) is 0 Å². The molecule has 0 saturated carbocycles. The first-order valence-electron chi connectivity index (χ1n) is 7.70. The van der Waals surface area contributed by atoms with Crippen LogP contribution in [-0.2, 0) is 13.0 Å². The number of anilines is 1. The zero-order valence-electron chi connectivity index (χ0n) is 12.8. The molecule has 0 aliphatic carbocycles. The van der Waals surface area contributed by atoms with Crippen molar-refractivity contribution < 1.29 is 0 Å². The largest absolute Gasteiger partial charge is 0.374 e. The van der Waals surface area contributed by atoms with Crippen molar-refractivity contribution in [2.24, 2.45) is 0 Å². The molecule has 0 spiro atoms. The molecule has 1 atom stereocenters. The van der Waals surface area contributed by atoms with E-state index in [2.05, 4.69) is 59.5 Å². The molecule has 1 aromatic carbocycles. The van der Waals surface area contributed by atoms with E-state index in [1.54, 1.807) is 0 Å². The highest BCUT2D eigenvalue weighted by Gasteiger charge is 2.13. The lowest BCUT2D eigenvalue weighted by molar-refractivity contribution is 0.573. The molecule has 0 radical (unpaired) electrons. The van der Waals surface area contributed by atoms with Crippen molar-refractivity contribution in [3.8, 4) is 0 Å². The van der Waals surface area contributed by atoms with E-state index in [1.807, 2.05) is 12.4 Å². The Morgan fingerprint density at radius 2 is 2.05 bits per heavy atom. The van der Waals surface area contributed by atoms with E-state index < -0.39 is 0 Å². The van der Waals surface area contributed by atoms with Gasteiger partial charge in [0.05, 0.1) is 0 Å². The summed E-state index contributed by atoms with van der Waals surface area (Å²) in [5.74, 6) is 0. The van der Waals surface area contributed by atoms with Gasteiger partial charge in [0.25, 0.3) is 0 Å². The maximum absolute atomic E-state index is 4.07. The van der Waals surface area contributed by atoms with Crippen molar-refractivity contribution in [3.05, 3.63) is 59.4 Å². The van der Waals surface area contributed by atoms with Crippen molar-refractivity contribution in [3.63, 3.8) is 0 Å². The van der Waals surface area contributed by atoms with Crippen LogP contribution in [0.2, 0.25) is 0 Å². The molecular formula is C18H23N3. The minimum atomic E-state index is 0.340. The third kappa shape index (κ3) is 3.24. The van der Waals surface area contributed by atoms with Crippen molar-refractivity contribution >= 4 is 5.69 Å². The lowest BCUT2D eigenvalue weighted by atomic mass is 9.99. The zero-order valence-corrected chi connectivity index (χ0v) is 12.8. The first kappa shape index (κ1) is 14.1. The number of hydrogen-bond acceptors (Lipinski definition) is 3. The molecule has 0 fully saturated rings. The molecule has 3 rings (SSSR count). The molecule has 2 heterocycles. The van der Waals surface area contributed by atoms with E-state index in [0.29, 0.717) is 6.04 Å². The first-order chi connectivity index (χ1) is 10.2. The van der Waals surface area contributed by atoms with Crippen LogP contribution in [0.1, 0.15) is 36.1 Å². The average molecular weight is 281 g/mol. The van der Waals surface area contributed by atoms with Gasteiger partial charge in [0.15, 0.2) is 0 Å². The average Bonchev–Trinajstić information content (AvgIpc) is 2.53. The number of aryl methyl sites for hydroxylation is 1. The van der Waals surface area contributed by atoms with Crippen LogP contribution in [0.4, 0.5) is 5.69 Å². The highest BCUT2D eigenvalue weighted by molar-refractivity contribution is 5.56. The van der Waals surface area contributed by atoms with Gasteiger partial charge in [-0.25, -0.2) is 0 Å². The molecule has 2 aromatic rings. The Bertz CT molecular complexity index is 595. The summed E-state index contributed by atoms with van der Waals surface area (Å²) in [5.41, 5.74) is 5.53. The summed E-state index contributed by atoms with van der Waals surface area (Å²) in [4.78, 5) is 6.43. The minimum Gasteiger partial charge on any atom is -0.374 e. The van der Waals surface area contributed by atoms with Crippen LogP contribution in [0.15, 0.2) is 42.7 Å². The van der Waals surface area contributed by atoms with Crippen molar-refractivity contribution in [2.45, 2.75) is 32.4 Å². The first-order valence-corrected chi connectivity index (χ1v) is 7.70. The summed E-state index contributed by atoms with van der Waals surface area (Å²) in [7, 11) is 2.18.